The number of hydrogen-bond acceptors (Lipinski definition) is 3. The predicted molar refractivity (Wildman–Crippen MR) is 128 cm³/mol. The van der Waals surface area contributed by atoms with Crippen LogP contribution >= 0.6 is 0 Å². The Bertz CT molecular complexity index is 677. The highest BCUT2D eigenvalue weighted by Gasteiger charge is 2.50. The molecule has 12 fully saturated rings. The maximum absolute atomic E-state index is 11.6. The Hall–Kier alpha value is -0.410. The molecule has 0 aromatic carbocycles. The summed E-state index contributed by atoms with van der Waals surface area (Å²) in [5, 5.41) is 19.9. The highest BCUT2D eigenvalue weighted by Crippen LogP contribution is 2.56. The molecule has 12 saturated carbocycles. The predicted octanol–water partition coefficient (Wildman–Crippen LogP) is 5.76. The highest BCUT2D eigenvalue weighted by molar-refractivity contribution is 5.85. The third-order valence-electron chi connectivity index (χ3n) is 12.1. The summed E-state index contributed by atoms with van der Waals surface area (Å²) >= 11 is 0. The Kier molecular flexibility index (Phi) is 5.33. The number of aliphatic hydroxyl groups excluding tert-OH is 1. The van der Waals surface area contributed by atoms with Crippen molar-refractivity contribution in [1.82, 2.24) is 0 Å². The van der Waals surface area contributed by atoms with Gasteiger partial charge in [-0.3, -0.25) is 4.79 Å². The first-order valence-corrected chi connectivity index (χ1v) is 14.8. The first-order chi connectivity index (χ1) is 15.9. The summed E-state index contributed by atoms with van der Waals surface area (Å²) in [6.07, 6.45) is 21.0. The molecule has 12 aliphatic carbocycles. The summed E-state index contributed by atoms with van der Waals surface area (Å²) in [5.74, 6) is 9.60. The minimum atomic E-state index is -0.200. The fourth-order valence-electron chi connectivity index (χ4n) is 11.6. The lowest BCUT2D eigenvalue weighted by Crippen LogP contribution is -2.50. The summed E-state index contributed by atoms with van der Waals surface area (Å²) in [6, 6.07) is 0. The van der Waals surface area contributed by atoms with Gasteiger partial charge in [-0.1, -0.05) is 0 Å². The van der Waals surface area contributed by atoms with Gasteiger partial charge >= 0.3 is 0 Å². The van der Waals surface area contributed by atoms with Crippen LogP contribution in [-0.4, -0.2) is 27.7 Å². The van der Waals surface area contributed by atoms with Gasteiger partial charge in [-0.05, 0) is 156 Å². The van der Waals surface area contributed by atoms with Gasteiger partial charge in [-0.2, -0.15) is 0 Å². The van der Waals surface area contributed by atoms with Crippen molar-refractivity contribution in [3.63, 3.8) is 0 Å². The van der Waals surface area contributed by atoms with Gasteiger partial charge < -0.3 is 10.2 Å². The van der Waals surface area contributed by atoms with Gasteiger partial charge in [0.1, 0.15) is 5.78 Å². The Morgan fingerprint density at radius 1 is 0.515 bits per heavy atom. The molecule has 0 heterocycles. The molecule has 12 rings (SSSR count). The van der Waals surface area contributed by atoms with Crippen molar-refractivity contribution in [1.29, 1.82) is 0 Å². The summed E-state index contributed by atoms with van der Waals surface area (Å²) in [5.41, 5.74) is -0.200. The Labute approximate surface area is 200 Å². The first-order valence-electron chi connectivity index (χ1n) is 14.8. The summed E-state index contributed by atoms with van der Waals surface area (Å²) in [4.78, 5) is 11.6. The van der Waals surface area contributed by atoms with Crippen molar-refractivity contribution in [2.24, 2.45) is 65.1 Å². The zero-order valence-electron chi connectivity index (χ0n) is 20.5. The van der Waals surface area contributed by atoms with Gasteiger partial charge in [0.05, 0.1) is 11.7 Å². The zero-order chi connectivity index (χ0) is 22.3. The van der Waals surface area contributed by atoms with E-state index in [9.17, 15) is 15.0 Å². The summed E-state index contributed by atoms with van der Waals surface area (Å²) < 4.78 is 0. The van der Waals surface area contributed by atoms with Crippen LogP contribution in [0.4, 0.5) is 0 Å². The minimum Gasteiger partial charge on any atom is -0.393 e. The zero-order valence-corrected chi connectivity index (χ0v) is 20.5. The van der Waals surface area contributed by atoms with Gasteiger partial charge in [0.25, 0.3) is 0 Å². The third kappa shape index (κ3) is 4.05. The van der Waals surface area contributed by atoms with Gasteiger partial charge in [0.15, 0.2) is 0 Å². The van der Waals surface area contributed by atoms with Gasteiger partial charge in [0.2, 0.25) is 0 Å². The molecule has 0 spiro atoms. The highest BCUT2D eigenvalue weighted by atomic mass is 16.3. The number of Topliss-reactive ketones (excluding diaryl/α,β-unsaturated/α-hetero) is 1. The Morgan fingerprint density at radius 2 is 0.848 bits per heavy atom. The molecule has 33 heavy (non-hydrogen) atoms. The largest absolute Gasteiger partial charge is 0.393 e. The molecule has 0 unspecified atom stereocenters. The second kappa shape index (κ2) is 8.05. The van der Waals surface area contributed by atoms with E-state index in [-0.39, 0.29) is 11.7 Å². The van der Waals surface area contributed by atoms with Crippen molar-refractivity contribution in [3.8, 4) is 0 Å². The topological polar surface area (TPSA) is 57.5 Å². The van der Waals surface area contributed by atoms with E-state index in [1.54, 1.807) is 0 Å². The molecule has 12 bridgehead atoms. The van der Waals surface area contributed by atoms with Crippen molar-refractivity contribution in [2.45, 2.75) is 114 Å². The Balaban J connectivity index is 0.0000000864. The van der Waals surface area contributed by atoms with Crippen LogP contribution in [0.5, 0.6) is 0 Å². The number of hydrogen-bond donors (Lipinski definition) is 2. The van der Waals surface area contributed by atoms with E-state index < -0.39 is 0 Å². The van der Waals surface area contributed by atoms with Crippen molar-refractivity contribution < 1.29 is 15.0 Å². The normalized spacial score (nSPS) is 58.1. The average Bonchev–Trinajstić information content (AvgIpc) is 2.74. The molecule has 0 saturated heterocycles. The standard InChI is InChI=1S/2C10H16O.C10H14O/c11-10-4-7-1-8(5-10)3-9(2-7)6-10;2*11-10-8-2-6-1-7(4-8)5-9(10)3-6/h7-9,11H,1-6H2;6-11H,1-5H2;6-9H,1-5H2. The lowest BCUT2D eigenvalue weighted by Gasteiger charge is -2.54. The van der Waals surface area contributed by atoms with E-state index in [2.05, 4.69) is 0 Å². The van der Waals surface area contributed by atoms with Crippen LogP contribution in [-0.2, 0) is 4.79 Å². The summed E-state index contributed by atoms with van der Waals surface area (Å²) in [7, 11) is 0. The van der Waals surface area contributed by atoms with Crippen molar-refractivity contribution in [2.75, 3.05) is 0 Å². The number of ketones is 1. The second-order valence-electron chi connectivity index (χ2n) is 14.8. The Morgan fingerprint density at radius 3 is 1.21 bits per heavy atom. The van der Waals surface area contributed by atoms with E-state index in [1.807, 2.05) is 0 Å². The van der Waals surface area contributed by atoms with Crippen LogP contribution in [0.3, 0.4) is 0 Å². The maximum atomic E-state index is 11.6. The van der Waals surface area contributed by atoms with E-state index in [1.165, 1.54) is 83.5 Å². The van der Waals surface area contributed by atoms with Crippen LogP contribution in [0.15, 0.2) is 0 Å². The third-order valence-corrected chi connectivity index (χ3v) is 12.1. The van der Waals surface area contributed by atoms with Crippen LogP contribution in [0.2, 0.25) is 0 Å². The first kappa shape index (κ1) is 21.8. The second-order valence-corrected chi connectivity index (χ2v) is 14.8. The minimum absolute atomic E-state index is 0.0859. The SMILES string of the molecule is O=C1C2CC3CC(C2)CC1C3.OC12CC3CC(CC(C3)C1)C2.OC1C2CC3CC(C2)CC1C3. The number of carbonyl (C=O) groups excluding carboxylic acids is 1. The summed E-state index contributed by atoms with van der Waals surface area (Å²) in [6.45, 7) is 0. The molecule has 3 heteroatoms. The van der Waals surface area contributed by atoms with Crippen molar-refractivity contribution in [3.05, 3.63) is 0 Å². The molecule has 0 aromatic rings. The lowest BCUT2D eigenvalue weighted by molar-refractivity contribution is -0.139. The smallest absolute Gasteiger partial charge is 0.139 e. The molecule has 12 aliphatic rings. The molecular weight excluding hydrogens is 408 g/mol. The van der Waals surface area contributed by atoms with Crippen LogP contribution in [0.1, 0.15) is 103 Å². The van der Waals surface area contributed by atoms with E-state index in [0.717, 1.165) is 60.7 Å². The van der Waals surface area contributed by atoms with E-state index in [4.69, 9.17) is 0 Å². The average molecular weight is 455 g/mol. The van der Waals surface area contributed by atoms with Crippen LogP contribution in [0.25, 0.3) is 0 Å². The fraction of sp³-hybridized carbons (Fsp3) is 0.967. The molecule has 0 aromatic heterocycles. The molecule has 0 amide bonds. The molecular formula is C30H46O3. The van der Waals surface area contributed by atoms with E-state index in [0.29, 0.717) is 29.5 Å². The van der Waals surface area contributed by atoms with Gasteiger partial charge in [-0.25, -0.2) is 0 Å². The molecule has 2 N–H and O–H groups in total. The molecule has 0 radical (unpaired) electrons. The maximum Gasteiger partial charge on any atom is 0.139 e. The lowest BCUT2D eigenvalue weighted by atomic mass is 9.54. The van der Waals surface area contributed by atoms with Gasteiger partial charge in [-0.15, -0.1) is 0 Å². The van der Waals surface area contributed by atoms with Gasteiger partial charge in [0, 0.05) is 11.8 Å². The van der Waals surface area contributed by atoms with Crippen LogP contribution < -0.4 is 0 Å². The fourth-order valence-corrected chi connectivity index (χ4v) is 11.6. The molecule has 3 nitrogen and oxygen atoms in total. The monoisotopic (exact) mass is 454 g/mol. The molecule has 0 aliphatic heterocycles. The molecule has 184 valence electrons. The van der Waals surface area contributed by atoms with Crippen molar-refractivity contribution >= 4 is 5.78 Å². The van der Waals surface area contributed by atoms with Crippen LogP contribution in [0, 0.1) is 65.1 Å². The quantitative estimate of drug-likeness (QED) is 0.489. The number of aliphatic hydroxyl groups is 2. The molecule has 0 atom stereocenters. The van der Waals surface area contributed by atoms with E-state index >= 15 is 0 Å². The number of carbonyl (C=O) groups is 1. The number of rotatable bonds is 0.